The average Bonchev–Trinajstić information content (AvgIpc) is 2.39. The number of carbonyl (C=O) groups is 1. The summed E-state index contributed by atoms with van der Waals surface area (Å²) in [6.07, 6.45) is 2.77. The van der Waals surface area contributed by atoms with E-state index in [0.29, 0.717) is 5.82 Å². The summed E-state index contributed by atoms with van der Waals surface area (Å²) in [6, 6.07) is 2.73. The first-order valence-electron chi connectivity index (χ1n) is 5.62. The van der Waals surface area contributed by atoms with Gasteiger partial charge in [0.2, 0.25) is 0 Å². The molecule has 0 aromatic carbocycles. The fraction of sp³-hybridized carbons (Fsp3) is 0.545. The third-order valence-electron chi connectivity index (χ3n) is 2.93. The van der Waals surface area contributed by atoms with Gasteiger partial charge in [0.1, 0.15) is 11.9 Å². The SMILES string of the molecule is COC(=O)[C@H]1CCCCN1c1ccc(=O)[nH]n1. The van der Waals surface area contributed by atoms with Gasteiger partial charge in [-0.15, -0.1) is 0 Å². The Morgan fingerprint density at radius 2 is 2.35 bits per heavy atom. The van der Waals surface area contributed by atoms with Crippen molar-refractivity contribution in [2.45, 2.75) is 25.3 Å². The van der Waals surface area contributed by atoms with Crippen LogP contribution in [0.2, 0.25) is 0 Å². The van der Waals surface area contributed by atoms with E-state index in [1.54, 1.807) is 6.07 Å². The lowest BCUT2D eigenvalue weighted by Crippen LogP contribution is -2.46. The van der Waals surface area contributed by atoms with Gasteiger partial charge in [-0.1, -0.05) is 0 Å². The number of piperidine rings is 1. The highest BCUT2D eigenvalue weighted by molar-refractivity contribution is 5.79. The van der Waals surface area contributed by atoms with Gasteiger partial charge < -0.3 is 9.64 Å². The minimum Gasteiger partial charge on any atom is -0.467 e. The van der Waals surface area contributed by atoms with Crippen molar-refractivity contribution in [3.63, 3.8) is 0 Å². The first-order valence-corrected chi connectivity index (χ1v) is 5.62. The molecule has 6 nitrogen and oxygen atoms in total. The number of hydrogen-bond donors (Lipinski definition) is 1. The van der Waals surface area contributed by atoms with Gasteiger partial charge in [0.05, 0.1) is 7.11 Å². The molecule has 1 aromatic rings. The van der Waals surface area contributed by atoms with E-state index >= 15 is 0 Å². The van der Waals surface area contributed by atoms with Crippen LogP contribution in [0.5, 0.6) is 0 Å². The Balaban J connectivity index is 2.24. The summed E-state index contributed by atoms with van der Waals surface area (Å²) in [5.74, 6) is 0.359. The van der Waals surface area contributed by atoms with Gasteiger partial charge in [-0.3, -0.25) is 4.79 Å². The monoisotopic (exact) mass is 237 g/mol. The fourth-order valence-electron chi connectivity index (χ4n) is 2.08. The first kappa shape index (κ1) is 11.6. The molecule has 92 valence electrons. The van der Waals surface area contributed by atoms with E-state index in [1.165, 1.54) is 13.2 Å². The van der Waals surface area contributed by atoms with Crippen LogP contribution in [0, 0.1) is 0 Å². The molecule has 0 radical (unpaired) electrons. The lowest BCUT2D eigenvalue weighted by Gasteiger charge is -2.34. The van der Waals surface area contributed by atoms with Gasteiger partial charge in [0.25, 0.3) is 5.56 Å². The van der Waals surface area contributed by atoms with E-state index in [9.17, 15) is 9.59 Å². The highest BCUT2D eigenvalue weighted by Crippen LogP contribution is 2.22. The number of H-pyrrole nitrogens is 1. The molecule has 2 rings (SSSR count). The van der Waals surface area contributed by atoms with Crippen molar-refractivity contribution in [3.8, 4) is 0 Å². The van der Waals surface area contributed by atoms with Crippen LogP contribution < -0.4 is 10.5 Å². The molecule has 0 unspecified atom stereocenters. The maximum Gasteiger partial charge on any atom is 0.328 e. The molecule has 1 aliphatic heterocycles. The summed E-state index contributed by atoms with van der Waals surface area (Å²) >= 11 is 0. The van der Waals surface area contributed by atoms with Gasteiger partial charge in [-0.05, 0) is 25.3 Å². The number of aromatic nitrogens is 2. The topological polar surface area (TPSA) is 75.3 Å². The summed E-state index contributed by atoms with van der Waals surface area (Å²) in [7, 11) is 1.38. The normalized spacial score (nSPS) is 20.1. The molecule has 1 aromatic heterocycles. The van der Waals surface area contributed by atoms with Gasteiger partial charge in [-0.25, -0.2) is 9.89 Å². The fourth-order valence-corrected chi connectivity index (χ4v) is 2.08. The second-order valence-electron chi connectivity index (χ2n) is 4.01. The highest BCUT2D eigenvalue weighted by atomic mass is 16.5. The molecule has 0 amide bonds. The van der Waals surface area contributed by atoms with Crippen molar-refractivity contribution in [2.75, 3.05) is 18.6 Å². The molecule has 0 aliphatic carbocycles. The predicted molar refractivity (Wildman–Crippen MR) is 61.9 cm³/mol. The summed E-state index contributed by atoms with van der Waals surface area (Å²) < 4.78 is 4.78. The molecule has 1 saturated heterocycles. The molecule has 17 heavy (non-hydrogen) atoms. The summed E-state index contributed by atoms with van der Waals surface area (Å²) in [5, 5.41) is 6.32. The number of nitrogens with zero attached hydrogens (tertiary/aromatic N) is 2. The Morgan fingerprint density at radius 1 is 1.53 bits per heavy atom. The molecular weight excluding hydrogens is 222 g/mol. The van der Waals surface area contributed by atoms with Crippen molar-refractivity contribution < 1.29 is 9.53 Å². The zero-order valence-corrected chi connectivity index (χ0v) is 9.68. The van der Waals surface area contributed by atoms with E-state index in [1.807, 2.05) is 4.90 Å². The number of aromatic amines is 1. The first-order chi connectivity index (χ1) is 8.22. The van der Waals surface area contributed by atoms with Crippen LogP contribution in [0.25, 0.3) is 0 Å². The van der Waals surface area contributed by atoms with Gasteiger partial charge >= 0.3 is 5.97 Å². The summed E-state index contributed by atoms with van der Waals surface area (Å²) in [4.78, 5) is 24.5. The smallest absolute Gasteiger partial charge is 0.328 e. The van der Waals surface area contributed by atoms with Crippen molar-refractivity contribution in [2.24, 2.45) is 0 Å². The molecule has 0 bridgehead atoms. The number of nitrogens with one attached hydrogen (secondary N) is 1. The number of carbonyl (C=O) groups excluding carboxylic acids is 1. The molecular formula is C11H15N3O3. The van der Waals surface area contributed by atoms with Crippen molar-refractivity contribution >= 4 is 11.8 Å². The van der Waals surface area contributed by atoms with Crippen molar-refractivity contribution in [3.05, 3.63) is 22.5 Å². The molecule has 0 saturated carbocycles. The van der Waals surface area contributed by atoms with Gasteiger partial charge in [0.15, 0.2) is 0 Å². The predicted octanol–water partition coefficient (Wildman–Crippen LogP) is 0.302. The van der Waals surface area contributed by atoms with Crippen molar-refractivity contribution in [1.29, 1.82) is 0 Å². The van der Waals surface area contributed by atoms with Crippen LogP contribution in [0.3, 0.4) is 0 Å². The Kier molecular flexibility index (Phi) is 3.41. The van der Waals surface area contributed by atoms with Crippen LogP contribution >= 0.6 is 0 Å². The minimum atomic E-state index is -0.299. The van der Waals surface area contributed by atoms with Gasteiger partial charge in [0, 0.05) is 12.6 Å². The third kappa shape index (κ3) is 2.46. The Labute approximate surface area is 98.6 Å². The number of ether oxygens (including phenoxy) is 1. The van der Waals surface area contributed by atoms with Crippen LogP contribution in [0.4, 0.5) is 5.82 Å². The van der Waals surface area contributed by atoms with Gasteiger partial charge in [-0.2, -0.15) is 5.10 Å². The lowest BCUT2D eigenvalue weighted by molar-refractivity contribution is -0.142. The maximum atomic E-state index is 11.7. The largest absolute Gasteiger partial charge is 0.467 e. The number of rotatable bonds is 2. The molecule has 0 spiro atoms. The van der Waals surface area contributed by atoms with E-state index < -0.39 is 0 Å². The van der Waals surface area contributed by atoms with E-state index in [2.05, 4.69) is 10.2 Å². The van der Waals surface area contributed by atoms with E-state index in [0.717, 1.165) is 25.8 Å². The maximum absolute atomic E-state index is 11.7. The number of anilines is 1. The molecule has 6 heteroatoms. The summed E-state index contributed by atoms with van der Waals surface area (Å²) in [5.41, 5.74) is -0.250. The second-order valence-corrected chi connectivity index (χ2v) is 4.01. The standard InChI is InChI=1S/C11H15N3O3/c1-17-11(16)8-4-2-3-7-14(8)9-5-6-10(15)13-12-9/h5-6,8H,2-4,7H2,1H3,(H,13,15)/t8-/m1/s1. The highest BCUT2D eigenvalue weighted by Gasteiger charge is 2.30. The van der Waals surface area contributed by atoms with E-state index in [4.69, 9.17) is 4.74 Å². The molecule has 1 fully saturated rings. The molecule has 1 N–H and O–H groups in total. The molecule has 1 aliphatic rings. The Morgan fingerprint density at radius 3 is 3.00 bits per heavy atom. The third-order valence-corrected chi connectivity index (χ3v) is 2.93. The summed E-state index contributed by atoms with van der Waals surface area (Å²) in [6.45, 7) is 0.749. The zero-order valence-electron chi connectivity index (χ0n) is 9.68. The van der Waals surface area contributed by atoms with Crippen molar-refractivity contribution in [1.82, 2.24) is 10.2 Å². The van der Waals surface area contributed by atoms with E-state index in [-0.39, 0.29) is 17.6 Å². The Bertz CT molecular complexity index is 437. The number of methoxy groups -OCH3 is 1. The van der Waals surface area contributed by atoms with Crippen LogP contribution in [0.15, 0.2) is 16.9 Å². The number of esters is 1. The molecule has 1 atom stereocenters. The second kappa shape index (κ2) is 4.99. The average molecular weight is 237 g/mol. The molecule has 2 heterocycles. The number of hydrogen-bond acceptors (Lipinski definition) is 5. The zero-order chi connectivity index (χ0) is 12.3. The lowest BCUT2D eigenvalue weighted by atomic mass is 10.0. The quantitative estimate of drug-likeness (QED) is 0.749. The minimum absolute atomic E-state index is 0.250. The van der Waals surface area contributed by atoms with Crippen LogP contribution in [-0.2, 0) is 9.53 Å². The van der Waals surface area contributed by atoms with Crippen LogP contribution in [-0.4, -0.2) is 35.9 Å². The Hall–Kier alpha value is -1.85. The van der Waals surface area contributed by atoms with Crippen LogP contribution in [0.1, 0.15) is 19.3 Å².